The van der Waals surface area contributed by atoms with Gasteiger partial charge >= 0.3 is 0 Å². The molecule has 0 saturated carbocycles. The molecule has 1 rings (SSSR count). The maximum Gasteiger partial charge on any atom is 0.234 e. The Bertz CT molecular complexity index is 279. The fourth-order valence-corrected chi connectivity index (χ4v) is 2.61. The van der Waals surface area contributed by atoms with E-state index in [1.807, 2.05) is 13.8 Å². The molecule has 3 nitrogen and oxygen atoms in total. The quantitative estimate of drug-likeness (QED) is 0.542. The predicted molar refractivity (Wildman–Crippen MR) is 51.8 cm³/mol. The highest BCUT2D eigenvalue weighted by Crippen LogP contribution is 2.08. The van der Waals surface area contributed by atoms with Gasteiger partial charge in [0.1, 0.15) is 0 Å². The van der Waals surface area contributed by atoms with E-state index in [2.05, 4.69) is 5.87 Å². The van der Waals surface area contributed by atoms with Crippen LogP contribution in [0.3, 0.4) is 0 Å². The summed E-state index contributed by atoms with van der Waals surface area (Å²) in [5.41, 5.74) is 0. The Balaban J connectivity index is 2.73. The summed E-state index contributed by atoms with van der Waals surface area (Å²) in [7, 11) is -2.09. The lowest BCUT2D eigenvalue weighted by atomic mass is 10.3. The van der Waals surface area contributed by atoms with E-state index >= 15 is 0 Å². The Hall–Kier alpha value is -0.510. The maximum absolute atomic E-state index is 11.4. The van der Waals surface area contributed by atoms with Gasteiger partial charge in [-0.1, -0.05) is 0 Å². The van der Waals surface area contributed by atoms with Crippen molar-refractivity contribution in [3.05, 3.63) is 0 Å². The van der Waals surface area contributed by atoms with Crippen molar-refractivity contribution < 1.29 is 9.00 Å². The first kappa shape index (κ1) is 9.58. The minimum atomic E-state index is -2.09. The van der Waals surface area contributed by atoms with Crippen molar-refractivity contribution >= 4 is 21.3 Å². The van der Waals surface area contributed by atoms with Gasteiger partial charge in [0.2, 0.25) is 5.91 Å². The lowest BCUT2D eigenvalue weighted by Gasteiger charge is -2.31. The van der Waals surface area contributed by atoms with Crippen LogP contribution in [0.1, 0.15) is 13.8 Å². The first-order chi connectivity index (χ1) is 5.42. The predicted octanol–water partition coefficient (Wildman–Crippen LogP) is -0.0466. The van der Waals surface area contributed by atoms with Gasteiger partial charge in [0.15, 0.2) is 0 Å². The molecular weight excluding hydrogens is 174 g/mol. The van der Waals surface area contributed by atoms with Crippen molar-refractivity contribution in [2.75, 3.05) is 18.1 Å². The Morgan fingerprint density at radius 1 is 1.58 bits per heavy atom. The first-order valence-electron chi connectivity index (χ1n) is 4.04. The molecule has 70 valence electrons. The Morgan fingerprint density at radius 3 is 2.58 bits per heavy atom. The minimum absolute atomic E-state index is 0.0174. The van der Waals surface area contributed by atoms with Crippen LogP contribution in [0.15, 0.2) is 0 Å². The molecule has 0 radical (unpaired) electrons. The van der Waals surface area contributed by atoms with E-state index in [0.29, 0.717) is 12.3 Å². The van der Waals surface area contributed by atoms with Gasteiger partial charge in [-0.3, -0.25) is 9.00 Å². The minimum Gasteiger partial charge on any atom is -0.339 e. The van der Waals surface area contributed by atoms with E-state index in [9.17, 15) is 9.00 Å². The lowest BCUT2D eigenvalue weighted by molar-refractivity contribution is -0.130. The van der Waals surface area contributed by atoms with Gasteiger partial charge < -0.3 is 4.90 Å². The molecule has 1 aliphatic heterocycles. The molecule has 0 bridgehead atoms. The zero-order valence-electron chi connectivity index (χ0n) is 7.58. The average molecular weight is 189 g/mol. The normalized spacial score (nSPS) is 31.2. The number of hydrogen-bond acceptors (Lipinski definition) is 2. The highest BCUT2D eigenvalue weighted by atomic mass is 32.2. The summed E-state index contributed by atoms with van der Waals surface area (Å²) in [6.07, 6.45) is 0. The Kier molecular flexibility index (Phi) is 2.46. The second-order valence-corrected chi connectivity index (χ2v) is 6.12. The zero-order valence-corrected chi connectivity index (χ0v) is 8.39. The first-order valence-corrected chi connectivity index (χ1v) is 6.11. The second-order valence-electron chi connectivity index (χ2n) is 3.50. The molecule has 4 heteroatoms. The SMILES string of the molecule is C=S1(=O)CCN(C(C)C)C(=O)C1. The van der Waals surface area contributed by atoms with Gasteiger partial charge in [-0.15, -0.1) is 0 Å². The van der Waals surface area contributed by atoms with Crippen LogP contribution in [0.2, 0.25) is 0 Å². The Morgan fingerprint density at radius 2 is 2.17 bits per heavy atom. The number of hydrogen-bond donors (Lipinski definition) is 0. The van der Waals surface area contributed by atoms with Gasteiger partial charge in [-0.25, -0.2) is 0 Å². The molecule has 0 N–H and O–H groups in total. The molecule has 1 heterocycles. The van der Waals surface area contributed by atoms with Crippen molar-refractivity contribution in [1.82, 2.24) is 4.90 Å². The van der Waals surface area contributed by atoms with E-state index in [-0.39, 0.29) is 17.7 Å². The summed E-state index contributed by atoms with van der Waals surface area (Å²) in [6, 6.07) is 0.216. The fraction of sp³-hybridized carbons (Fsp3) is 0.750. The number of carbonyl (C=O) groups excluding carboxylic acids is 1. The van der Waals surface area contributed by atoms with E-state index in [0.717, 1.165) is 0 Å². The number of rotatable bonds is 1. The summed E-state index contributed by atoms with van der Waals surface area (Å²) >= 11 is 0. The fourth-order valence-electron chi connectivity index (χ4n) is 1.32. The monoisotopic (exact) mass is 189 g/mol. The zero-order chi connectivity index (χ0) is 9.35. The largest absolute Gasteiger partial charge is 0.339 e. The lowest BCUT2D eigenvalue weighted by Crippen LogP contribution is -2.48. The molecule has 1 atom stereocenters. The van der Waals surface area contributed by atoms with Crippen molar-refractivity contribution in [3.63, 3.8) is 0 Å². The van der Waals surface area contributed by atoms with Crippen LogP contribution >= 0.6 is 0 Å². The molecular formula is C8H15NO2S. The summed E-state index contributed by atoms with van der Waals surface area (Å²) in [6.45, 7) is 4.53. The number of carbonyl (C=O) groups is 1. The van der Waals surface area contributed by atoms with Crippen LogP contribution in [0.5, 0.6) is 0 Å². The molecule has 0 aromatic rings. The molecule has 0 aromatic carbocycles. The van der Waals surface area contributed by atoms with E-state index in [1.54, 1.807) is 4.90 Å². The van der Waals surface area contributed by atoms with Gasteiger partial charge in [0.25, 0.3) is 0 Å². The number of amides is 1. The van der Waals surface area contributed by atoms with Gasteiger partial charge in [-0.05, 0) is 29.2 Å². The van der Waals surface area contributed by atoms with Crippen LogP contribution in [-0.4, -0.2) is 45.0 Å². The molecule has 1 unspecified atom stereocenters. The third kappa shape index (κ3) is 2.00. The third-order valence-corrected chi connectivity index (χ3v) is 3.73. The molecule has 0 aliphatic carbocycles. The van der Waals surface area contributed by atoms with Crippen LogP contribution in [-0.2, 0) is 14.3 Å². The highest BCUT2D eigenvalue weighted by Gasteiger charge is 2.26. The molecule has 1 saturated heterocycles. The van der Waals surface area contributed by atoms with Crippen LogP contribution in [0, 0.1) is 0 Å². The average Bonchev–Trinajstić information content (AvgIpc) is 1.83. The van der Waals surface area contributed by atoms with Crippen LogP contribution in [0.25, 0.3) is 0 Å². The summed E-state index contributed by atoms with van der Waals surface area (Å²) in [4.78, 5) is 13.1. The van der Waals surface area contributed by atoms with Crippen molar-refractivity contribution in [1.29, 1.82) is 0 Å². The molecule has 0 aromatic heterocycles. The van der Waals surface area contributed by atoms with Crippen LogP contribution < -0.4 is 0 Å². The standard InChI is InChI=1S/C8H15NO2S/c1-7(2)9-4-5-12(3,11)6-8(9)10/h7H,3-6H2,1-2H3. The van der Waals surface area contributed by atoms with Gasteiger partial charge in [-0.2, -0.15) is 0 Å². The van der Waals surface area contributed by atoms with E-state index in [1.165, 1.54) is 0 Å². The summed E-state index contributed by atoms with van der Waals surface area (Å²) in [5, 5.41) is 0. The maximum atomic E-state index is 11.4. The Labute approximate surface area is 73.8 Å². The van der Waals surface area contributed by atoms with E-state index < -0.39 is 9.52 Å². The summed E-state index contributed by atoms with van der Waals surface area (Å²) < 4.78 is 11.4. The molecule has 0 spiro atoms. The molecule has 1 aliphatic rings. The highest BCUT2D eigenvalue weighted by molar-refractivity contribution is 8.01. The molecule has 1 fully saturated rings. The smallest absolute Gasteiger partial charge is 0.234 e. The van der Waals surface area contributed by atoms with Crippen LogP contribution in [0.4, 0.5) is 0 Å². The van der Waals surface area contributed by atoms with Gasteiger partial charge in [0, 0.05) is 18.3 Å². The van der Waals surface area contributed by atoms with Crippen molar-refractivity contribution in [2.45, 2.75) is 19.9 Å². The van der Waals surface area contributed by atoms with Crippen molar-refractivity contribution in [3.8, 4) is 0 Å². The van der Waals surface area contributed by atoms with Gasteiger partial charge in [0.05, 0.1) is 5.75 Å². The second kappa shape index (κ2) is 3.09. The van der Waals surface area contributed by atoms with Crippen molar-refractivity contribution in [2.24, 2.45) is 0 Å². The van der Waals surface area contributed by atoms with E-state index in [4.69, 9.17) is 0 Å². The third-order valence-electron chi connectivity index (χ3n) is 2.03. The summed E-state index contributed by atoms with van der Waals surface area (Å²) in [5.74, 6) is 4.22. The molecule has 12 heavy (non-hydrogen) atoms. The topological polar surface area (TPSA) is 37.4 Å². The number of nitrogens with zero attached hydrogens (tertiary/aromatic N) is 1. The molecule has 1 amide bonds.